The molecule has 2 aromatic rings. The zero-order valence-electron chi connectivity index (χ0n) is 16.6. The van der Waals surface area contributed by atoms with Crippen LogP contribution in [0.2, 0.25) is 0 Å². The number of halogens is 2. The summed E-state index contributed by atoms with van der Waals surface area (Å²) >= 11 is 3.07. The maximum Gasteiger partial charge on any atom is 0.446 e. The van der Waals surface area contributed by atoms with E-state index in [4.69, 9.17) is 14.6 Å². The van der Waals surface area contributed by atoms with Crippen molar-refractivity contribution in [1.82, 2.24) is 34.8 Å². The monoisotopic (exact) mass is 549 g/mol. The van der Waals surface area contributed by atoms with Crippen molar-refractivity contribution in [3.05, 3.63) is 51.1 Å². The minimum Gasteiger partial charge on any atom is -0.464 e. The van der Waals surface area contributed by atoms with Gasteiger partial charge >= 0.3 is 22.1 Å². The number of piperidine rings is 1. The molecule has 0 saturated carbocycles. The van der Waals surface area contributed by atoms with Gasteiger partial charge in [0.2, 0.25) is 5.82 Å². The maximum absolute atomic E-state index is 13.6. The topological polar surface area (TPSA) is 171 Å². The van der Waals surface area contributed by atoms with E-state index in [2.05, 4.69) is 32.0 Å². The fourth-order valence-electron chi connectivity index (χ4n) is 3.32. The molecule has 0 spiro atoms. The van der Waals surface area contributed by atoms with Crippen LogP contribution in [0.25, 0.3) is 11.4 Å². The van der Waals surface area contributed by atoms with E-state index < -0.39 is 27.9 Å². The smallest absolute Gasteiger partial charge is 0.446 e. The molecule has 14 nitrogen and oxygen atoms in total. The second-order valence-corrected chi connectivity index (χ2v) is 9.48. The molecule has 0 radical (unpaired) electrons. The van der Waals surface area contributed by atoms with Crippen molar-refractivity contribution >= 4 is 37.9 Å². The molecule has 0 atom stereocenters. The zero-order chi connectivity index (χ0) is 23.8. The van der Waals surface area contributed by atoms with Gasteiger partial charge in [-0.15, -0.1) is 4.94 Å². The van der Waals surface area contributed by atoms with Crippen molar-refractivity contribution in [3.63, 3.8) is 0 Å². The summed E-state index contributed by atoms with van der Waals surface area (Å²) in [5.41, 5.74) is 6.13. The van der Waals surface area contributed by atoms with Crippen molar-refractivity contribution < 1.29 is 32.2 Å². The second kappa shape index (κ2) is 9.10. The summed E-state index contributed by atoms with van der Waals surface area (Å²) in [7, 11) is -4.13. The summed E-state index contributed by atoms with van der Waals surface area (Å²) in [4.78, 5) is 28.3. The largest absolute Gasteiger partial charge is 0.464 e. The third-order valence-electron chi connectivity index (χ3n) is 4.86. The van der Waals surface area contributed by atoms with Crippen LogP contribution in [0, 0.1) is 5.82 Å². The first kappa shape index (κ1) is 23.2. The molecule has 0 unspecified atom stereocenters. The Morgan fingerprint density at radius 1 is 1.33 bits per heavy atom. The number of hydroxylamine groups is 2. The van der Waals surface area contributed by atoms with Gasteiger partial charge in [-0.3, -0.25) is 4.52 Å². The van der Waals surface area contributed by atoms with Crippen LogP contribution in [0.15, 0.2) is 38.2 Å². The number of benzene rings is 1. The SMILES string of the molecule is O=C(O)NS(=O)(=O)N1CCC(NN2ONC=C2c2noc(=O)n2-c2ccc(F)c(Br)c2)CC1. The number of hydrazine groups is 1. The molecule has 4 rings (SSSR count). The first-order chi connectivity index (χ1) is 15.7. The average Bonchev–Trinajstić information content (AvgIpc) is 3.35. The molecule has 1 saturated heterocycles. The van der Waals surface area contributed by atoms with Crippen molar-refractivity contribution in [2.24, 2.45) is 0 Å². The Morgan fingerprint density at radius 2 is 2.06 bits per heavy atom. The Morgan fingerprint density at radius 3 is 2.73 bits per heavy atom. The summed E-state index contributed by atoms with van der Waals surface area (Å²) < 4.78 is 46.2. The number of nitrogens with one attached hydrogen (secondary N) is 3. The van der Waals surface area contributed by atoms with E-state index in [1.807, 2.05) is 0 Å². The number of carboxylic acid groups (broad SMARTS) is 1. The van der Waals surface area contributed by atoms with Gasteiger partial charge in [-0.25, -0.2) is 34.2 Å². The predicted octanol–water partition coefficient (Wildman–Crippen LogP) is 0.259. The maximum atomic E-state index is 13.6. The molecule has 0 bridgehead atoms. The Labute approximate surface area is 193 Å². The van der Waals surface area contributed by atoms with Crippen LogP contribution in [0.5, 0.6) is 0 Å². The highest BCUT2D eigenvalue weighted by molar-refractivity contribution is 9.10. The molecule has 2 aliphatic heterocycles. The summed E-state index contributed by atoms with van der Waals surface area (Å²) in [6, 6.07) is 3.69. The summed E-state index contributed by atoms with van der Waals surface area (Å²) in [5, 5.41) is 13.7. The standard InChI is InChI=1S/C16H17BrFN7O7S/c17-11-7-10(1-2-12(11)18)24-14(21-31-16(24)28)13-8-19-32-25(13)20-9-3-5-23(6-4-9)33(29,30)22-15(26)27/h1-2,7-9,19-20,22H,3-6H2,(H,26,27). The van der Waals surface area contributed by atoms with Crippen molar-refractivity contribution in [2.45, 2.75) is 18.9 Å². The molecule has 4 N–H and O–H groups in total. The molecule has 2 aliphatic rings. The van der Waals surface area contributed by atoms with E-state index in [1.54, 1.807) is 0 Å². The minimum absolute atomic E-state index is 0.0571. The summed E-state index contributed by atoms with van der Waals surface area (Å²) in [6.07, 6.45) is 0.429. The van der Waals surface area contributed by atoms with Gasteiger partial charge in [0.25, 0.3) is 0 Å². The van der Waals surface area contributed by atoms with Gasteiger partial charge < -0.3 is 5.11 Å². The molecule has 3 heterocycles. The first-order valence-corrected chi connectivity index (χ1v) is 11.6. The molecule has 1 amide bonds. The minimum atomic E-state index is -4.13. The molecule has 33 heavy (non-hydrogen) atoms. The molecule has 1 aromatic carbocycles. The van der Waals surface area contributed by atoms with Crippen LogP contribution in [0.1, 0.15) is 18.7 Å². The van der Waals surface area contributed by atoms with Crippen LogP contribution >= 0.6 is 15.9 Å². The van der Waals surface area contributed by atoms with E-state index in [1.165, 1.54) is 34.3 Å². The number of hydrogen-bond donors (Lipinski definition) is 4. The number of carbonyl (C=O) groups is 1. The Kier molecular flexibility index (Phi) is 6.39. The average molecular weight is 550 g/mol. The Hall–Kier alpha value is -2.99. The lowest BCUT2D eigenvalue weighted by Gasteiger charge is -2.33. The lowest BCUT2D eigenvalue weighted by atomic mass is 10.1. The fraction of sp³-hybridized carbons (Fsp3) is 0.312. The third kappa shape index (κ3) is 4.86. The number of amides is 1. The van der Waals surface area contributed by atoms with Crippen LogP contribution < -0.4 is 21.4 Å². The highest BCUT2D eigenvalue weighted by Crippen LogP contribution is 2.25. The van der Waals surface area contributed by atoms with Crippen LogP contribution in [0.4, 0.5) is 9.18 Å². The zero-order valence-corrected chi connectivity index (χ0v) is 19.0. The van der Waals surface area contributed by atoms with Crippen LogP contribution in [-0.4, -0.2) is 58.0 Å². The van der Waals surface area contributed by atoms with Gasteiger partial charge in [0, 0.05) is 19.1 Å². The molecule has 178 valence electrons. The van der Waals surface area contributed by atoms with Gasteiger partial charge in [-0.1, -0.05) is 5.16 Å². The van der Waals surface area contributed by atoms with Gasteiger partial charge in [0.1, 0.15) is 11.5 Å². The Balaban J connectivity index is 1.48. The fourth-order valence-corrected chi connectivity index (χ4v) is 4.73. The van der Waals surface area contributed by atoms with Crippen molar-refractivity contribution in [1.29, 1.82) is 0 Å². The van der Waals surface area contributed by atoms with Gasteiger partial charge in [-0.2, -0.15) is 17.9 Å². The van der Waals surface area contributed by atoms with Crippen LogP contribution in [-0.2, 0) is 15.1 Å². The number of hydrogen-bond acceptors (Lipinski definition) is 10. The highest BCUT2D eigenvalue weighted by atomic mass is 79.9. The van der Waals surface area contributed by atoms with E-state index in [9.17, 15) is 22.4 Å². The molecular formula is C16H17BrFN7O7S. The Bertz CT molecular complexity index is 1260. The van der Waals surface area contributed by atoms with Gasteiger partial charge in [0.15, 0.2) is 0 Å². The molecule has 0 aliphatic carbocycles. The molecule has 17 heteroatoms. The van der Waals surface area contributed by atoms with E-state index in [-0.39, 0.29) is 35.1 Å². The van der Waals surface area contributed by atoms with E-state index in [0.29, 0.717) is 18.5 Å². The van der Waals surface area contributed by atoms with E-state index in [0.717, 1.165) is 8.87 Å². The molecule has 1 aromatic heterocycles. The number of aromatic nitrogens is 2. The molecule has 1 fully saturated rings. The van der Waals surface area contributed by atoms with Crippen LogP contribution in [0.3, 0.4) is 0 Å². The van der Waals surface area contributed by atoms with Gasteiger partial charge in [0.05, 0.1) is 16.4 Å². The summed E-state index contributed by atoms with van der Waals surface area (Å²) in [5.74, 6) is -1.26. The van der Waals surface area contributed by atoms with Crippen molar-refractivity contribution in [3.8, 4) is 5.69 Å². The van der Waals surface area contributed by atoms with Gasteiger partial charge in [-0.05, 0) is 47.0 Å². The lowest BCUT2D eigenvalue weighted by molar-refractivity contribution is -0.177. The highest BCUT2D eigenvalue weighted by Gasteiger charge is 2.33. The summed E-state index contributed by atoms with van der Waals surface area (Å²) in [6.45, 7) is 0.137. The third-order valence-corrected chi connectivity index (χ3v) is 6.95. The first-order valence-electron chi connectivity index (χ1n) is 9.40. The predicted molar refractivity (Wildman–Crippen MR) is 112 cm³/mol. The second-order valence-electron chi connectivity index (χ2n) is 6.95. The molecular weight excluding hydrogens is 533 g/mol. The quantitative estimate of drug-likeness (QED) is 0.389. The number of rotatable bonds is 6. The van der Waals surface area contributed by atoms with E-state index >= 15 is 0 Å². The normalized spacial score (nSPS) is 17.6. The number of nitrogens with zero attached hydrogens (tertiary/aromatic N) is 4. The lowest BCUT2D eigenvalue weighted by Crippen LogP contribution is -2.52. The van der Waals surface area contributed by atoms with Crippen molar-refractivity contribution in [2.75, 3.05) is 13.1 Å².